The van der Waals surface area contributed by atoms with Gasteiger partial charge in [-0.05, 0) is 17.5 Å². The molecule has 0 fully saturated rings. The quantitative estimate of drug-likeness (QED) is 0.671. The van der Waals surface area contributed by atoms with Gasteiger partial charge in [-0.15, -0.1) is 11.3 Å². The summed E-state index contributed by atoms with van der Waals surface area (Å²) in [7, 11) is 0. The molecule has 0 spiro atoms. The van der Waals surface area contributed by atoms with Gasteiger partial charge in [-0.2, -0.15) is 18.4 Å². The van der Waals surface area contributed by atoms with Crippen molar-refractivity contribution >= 4 is 28.6 Å². The third kappa shape index (κ3) is 2.45. The predicted molar refractivity (Wildman–Crippen MR) is 77.8 cm³/mol. The third-order valence-corrected chi connectivity index (χ3v) is 4.26. The fraction of sp³-hybridized carbons (Fsp3) is 0.143. The standard InChI is InChI=1S/C14H7ClF3N3S/c15-9-6-8(14(16,17)18)7-21-10(3-4-19)12(20-13(9)21)11-2-1-5-22-11/h1-2,5-7H,3H2. The highest BCUT2D eigenvalue weighted by Crippen LogP contribution is 2.35. The van der Waals surface area contributed by atoms with Crippen LogP contribution >= 0.6 is 22.9 Å². The van der Waals surface area contributed by atoms with E-state index in [0.29, 0.717) is 11.4 Å². The van der Waals surface area contributed by atoms with Crippen molar-refractivity contribution in [3.05, 3.63) is 46.1 Å². The topological polar surface area (TPSA) is 41.1 Å². The van der Waals surface area contributed by atoms with E-state index in [1.807, 2.05) is 17.5 Å². The summed E-state index contributed by atoms with van der Waals surface area (Å²) in [5.74, 6) is 0. The zero-order chi connectivity index (χ0) is 15.9. The molecule has 0 amide bonds. The number of fused-ring (bicyclic) bond motifs is 1. The van der Waals surface area contributed by atoms with Crippen molar-refractivity contribution in [3.63, 3.8) is 0 Å². The molecule has 0 aromatic carbocycles. The predicted octanol–water partition coefficient (Wildman–Crippen LogP) is 4.80. The highest BCUT2D eigenvalue weighted by molar-refractivity contribution is 7.13. The van der Waals surface area contributed by atoms with Gasteiger partial charge in [0, 0.05) is 6.20 Å². The van der Waals surface area contributed by atoms with Crippen LogP contribution in [0.3, 0.4) is 0 Å². The largest absolute Gasteiger partial charge is 0.417 e. The van der Waals surface area contributed by atoms with Crippen LogP contribution in [-0.2, 0) is 12.6 Å². The van der Waals surface area contributed by atoms with E-state index in [-0.39, 0.29) is 17.1 Å². The van der Waals surface area contributed by atoms with E-state index in [1.54, 1.807) is 6.07 Å². The Kier molecular flexibility index (Phi) is 3.59. The molecule has 3 rings (SSSR count). The Hall–Kier alpha value is -2.04. The van der Waals surface area contributed by atoms with Gasteiger partial charge in [-0.3, -0.25) is 0 Å². The summed E-state index contributed by atoms with van der Waals surface area (Å²) >= 11 is 7.35. The molecule has 3 heterocycles. The molecule has 22 heavy (non-hydrogen) atoms. The maximum Gasteiger partial charge on any atom is 0.417 e. The van der Waals surface area contributed by atoms with Gasteiger partial charge >= 0.3 is 6.18 Å². The molecular formula is C14H7ClF3N3S. The Balaban J connectivity index is 2.34. The van der Waals surface area contributed by atoms with Crippen LogP contribution in [0.1, 0.15) is 11.3 Å². The minimum Gasteiger partial charge on any atom is -0.300 e. The van der Waals surface area contributed by atoms with Crippen molar-refractivity contribution in [1.82, 2.24) is 9.38 Å². The van der Waals surface area contributed by atoms with Crippen LogP contribution in [0.15, 0.2) is 29.8 Å². The maximum atomic E-state index is 12.9. The first-order valence-corrected chi connectivity index (χ1v) is 7.36. The van der Waals surface area contributed by atoms with Gasteiger partial charge in [0.1, 0.15) is 5.69 Å². The summed E-state index contributed by atoms with van der Waals surface area (Å²) in [4.78, 5) is 5.10. The lowest BCUT2D eigenvalue weighted by Crippen LogP contribution is -2.07. The molecule has 0 bridgehead atoms. The second kappa shape index (κ2) is 5.30. The number of imidazole rings is 1. The Morgan fingerprint density at radius 1 is 1.41 bits per heavy atom. The van der Waals surface area contributed by atoms with Gasteiger partial charge in [0.15, 0.2) is 5.65 Å². The van der Waals surface area contributed by atoms with Gasteiger partial charge in [0.05, 0.1) is 33.6 Å². The van der Waals surface area contributed by atoms with Crippen LogP contribution < -0.4 is 0 Å². The van der Waals surface area contributed by atoms with Gasteiger partial charge in [-0.1, -0.05) is 17.7 Å². The van der Waals surface area contributed by atoms with Crippen LogP contribution in [0.4, 0.5) is 13.2 Å². The van der Waals surface area contributed by atoms with E-state index in [0.717, 1.165) is 17.1 Å². The van der Waals surface area contributed by atoms with E-state index >= 15 is 0 Å². The van der Waals surface area contributed by atoms with Crippen molar-refractivity contribution in [2.45, 2.75) is 12.6 Å². The van der Waals surface area contributed by atoms with Gasteiger partial charge in [0.25, 0.3) is 0 Å². The Morgan fingerprint density at radius 3 is 2.77 bits per heavy atom. The zero-order valence-corrected chi connectivity index (χ0v) is 12.4. The average molecular weight is 342 g/mol. The zero-order valence-electron chi connectivity index (χ0n) is 10.9. The fourth-order valence-corrected chi connectivity index (χ4v) is 3.15. The van der Waals surface area contributed by atoms with Crippen LogP contribution in [-0.4, -0.2) is 9.38 Å². The van der Waals surface area contributed by atoms with E-state index in [2.05, 4.69) is 4.98 Å². The summed E-state index contributed by atoms with van der Waals surface area (Å²) in [6.45, 7) is 0. The molecular weight excluding hydrogens is 335 g/mol. The summed E-state index contributed by atoms with van der Waals surface area (Å²) in [5.41, 5.74) is 0.216. The first-order chi connectivity index (χ1) is 10.4. The molecule has 112 valence electrons. The lowest BCUT2D eigenvalue weighted by Gasteiger charge is -2.09. The minimum absolute atomic E-state index is 0.0635. The number of alkyl halides is 3. The molecule has 8 heteroatoms. The summed E-state index contributed by atoms with van der Waals surface area (Å²) in [6.07, 6.45) is -3.65. The average Bonchev–Trinajstić information content (AvgIpc) is 3.06. The number of aromatic nitrogens is 2. The Labute approximate surface area is 132 Å². The second-order valence-corrected chi connectivity index (χ2v) is 5.84. The first kappa shape index (κ1) is 14.9. The highest BCUT2D eigenvalue weighted by Gasteiger charge is 2.32. The van der Waals surface area contributed by atoms with Crippen molar-refractivity contribution in [2.75, 3.05) is 0 Å². The number of thiophene rings is 1. The molecule has 3 nitrogen and oxygen atoms in total. The van der Waals surface area contributed by atoms with Crippen LogP contribution in [0.25, 0.3) is 16.2 Å². The number of halogens is 4. The van der Waals surface area contributed by atoms with Crippen LogP contribution in [0.5, 0.6) is 0 Å². The fourth-order valence-electron chi connectivity index (χ4n) is 2.16. The molecule has 0 N–H and O–H groups in total. The number of hydrogen-bond acceptors (Lipinski definition) is 3. The molecule has 0 radical (unpaired) electrons. The number of hydrogen-bond donors (Lipinski definition) is 0. The summed E-state index contributed by atoms with van der Waals surface area (Å²) < 4.78 is 40.1. The molecule has 0 aliphatic heterocycles. The molecule has 3 aromatic heterocycles. The smallest absolute Gasteiger partial charge is 0.300 e. The van der Waals surface area contributed by atoms with E-state index in [9.17, 15) is 13.2 Å². The van der Waals surface area contributed by atoms with E-state index in [4.69, 9.17) is 16.9 Å². The third-order valence-electron chi connectivity index (χ3n) is 3.10. The first-order valence-electron chi connectivity index (χ1n) is 6.10. The van der Waals surface area contributed by atoms with Crippen LogP contribution in [0, 0.1) is 11.3 Å². The molecule has 0 unspecified atom stereocenters. The highest BCUT2D eigenvalue weighted by atomic mass is 35.5. The molecule has 3 aromatic rings. The Morgan fingerprint density at radius 2 is 2.18 bits per heavy atom. The Bertz CT molecular complexity index is 875. The SMILES string of the molecule is N#CCc1c(-c2cccs2)nc2c(Cl)cc(C(F)(F)F)cn12. The second-order valence-electron chi connectivity index (χ2n) is 4.49. The van der Waals surface area contributed by atoms with E-state index in [1.165, 1.54) is 15.7 Å². The van der Waals surface area contributed by atoms with Gasteiger partial charge in [0.2, 0.25) is 0 Å². The molecule has 0 atom stereocenters. The summed E-state index contributed by atoms with van der Waals surface area (Å²) in [5, 5.41) is 10.7. The van der Waals surface area contributed by atoms with Crippen molar-refractivity contribution in [1.29, 1.82) is 5.26 Å². The lowest BCUT2D eigenvalue weighted by molar-refractivity contribution is -0.137. The van der Waals surface area contributed by atoms with Crippen LogP contribution in [0.2, 0.25) is 5.02 Å². The minimum atomic E-state index is -4.52. The molecule has 0 aliphatic carbocycles. The van der Waals surface area contributed by atoms with Crippen molar-refractivity contribution < 1.29 is 13.2 Å². The molecule has 0 saturated heterocycles. The maximum absolute atomic E-state index is 12.9. The normalized spacial score (nSPS) is 11.8. The van der Waals surface area contributed by atoms with E-state index < -0.39 is 11.7 Å². The number of rotatable bonds is 2. The number of nitriles is 1. The monoisotopic (exact) mass is 341 g/mol. The number of nitrogens with zero attached hydrogens (tertiary/aromatic N) is 3. The molecule has 0 aliphatic rings. The lowest BCUT2D eigenvalue weighted by atomic mass is 10.2. The summed E-state index contributed by atoms with van der Waals surface area (Å²) in [6, 6.07) is 6.41. The van der Waals surface area contributed by atoms with Crippen molar-refractivity contribution in [3.8, 4) is 16.6 Å². The van der Waals surface area contributed by atoms with Crippen molar-refractivity contribution in [2.24, 2.45) is 0 Å². The van der Waals surface area contributed by atoms with Gasteiger partial charge in [-0.25, -0.2) is 4.98 Å². The number of pyridine rings is 1. The van der Waals surface area contributed by atoms with Gasteiger partial charge < -0.3 is 4.40 Å². The molecule has 0 saturated carbocycles.